The molecule has 1 aliphatic carbocycles. The number of nitro groups is 1. The molecule has 110 valence electrons. The second-order valence-corrected chi connectivity index (χ2v) is 5.53. The SMILES string of the molecule is Nc1cn(-c2cccc([N+](=O)[O-])c2)nc1C1CCCCC1. The maximum atomic E-state index is 10.9. The Kier molecular flexibility index (Phi) is 3.60. The molecule has 21 heavy (non-hydrogen) atoms. The van der Waals surface area contributed by atoms with Gasteiger partial charge >= 0.3 is 0 Å². The highest BCUT2D eigenvalue weighted by molar-refractivity contribution is 5.48. The molecular formula is C15H18N4O2. The van der Waals surface area contributed by atoms with E-state index in [1.54, 1.807) is 23.0 Å². The van der Waals surface area contributed by atoms with E-state index in [2.05, 4.69) is 5.10 Å². The van der Waals surface area contributed by atoms with Gasteiger partial charge < -0.3 is 5.73 Å². The molecule has 1 aromatic carbocycles. The first-order valence-electron chi connectivity index (χ1n) is 7.25. The summed E-state index contributed by atoms with van der Waals surface area (Å²) in [6.07, 6.45) is 7.71. The molecule has 0 aliphatic heterocycles. The summed E-state index contributed by atoms with van der Waals surface area (Å²) >= 11 is 0. The number of nitrogen functional groups attached to an aromatic ring is 1. The Hall–Kier alpha value is -2.37. The number of nitrogens with two attached hydrogens (primary N) is 1. The molecule has 0 bridgehead atoms. The van der Waals surface area contributed by atoms with E-state index in [0.717, 1.165) is 18.5 Å². The predicted molar refractivity (Wildman–Crippen MR) is 80.5 cm³/mol. The lowest BCUT2D eigenvalue weighted by Crippen LogP contribution is -2.07. The fourth-order valence-corrected chi connectivity index (χ4v) is 2.98. The summed E-state index contributed by atoms with van der Waals surface area (Å²) in [6.45, 7) is 0. The number of hydrogen-bond donors (Lipinski definition) is 1. The van der Waals surface area contributed by atoms with Crippen molar-refractivity contribution in [1.29, 1.82) is 0 Å². The van der Waals surface area contributed by atoms with Crippen molar-refractivity contribution in [2.75, 3.05) is 5.73 Å². The van der Waals surface area contributed by atoms with Crippen LogP contribution in [0.25, 0.3) is 5.69 Å². The second-order valence-electron chi connectivity index (χ2n) is 5.53. The van der Waals surface area contributed by atoms with Gasteiger partial charge in [0.15, 0.2) is 0 Å². The van der Waals surface area contributed by atoms with Crippen LogP contribution in [0.4, 0.5) is 11.4 Å². The van der Waals surface area contributed by atoms with Gasteiger partial charge in [0.25, 0.3) is 5.69 Å². The predicted octanol–water partition coefficient (Wildman–Crippen LogP) is 3.41. The zero-order valence-electron chi connectivity index (χ0n) is 11.7. The highest BCUT2D eigenvalue weighted by atomic mass is 16.6. The highest BCUT2D eigenvalue weighted by Gasteiger charge is 2.21. The van der Waals surface area contributed by atoms with Crippen LogP contribution in [0.3, 0.4) is 0 Å². The molecule has 0 unspecified atom stereocenters. The van der Waals surface area contributed by atoms with Crippen LogP contribution < -0.4 is 5.73 Å². The number of nitro benzene ring substituents is 1. The van der Waals surface area contributed by atoms with Crippen LogP contribution in [-0.2, 0) is 0 Å². The summed E-state index contributed by atoms with van der Waals surface area (Å²) < 4.78 is 1.65. The molecule has 2 N–H and O–H groups in total. The molecule has 0 saturated heterocycles. The first-order valence-corrected chi connectivity index (χ1v) is 7.25. The highest BCUT2D eigenvalue weighted by Crippen LogP contribution is 2.35. The Labute approximate surface area is 122 Å². The normalized spacial score (nSPS) is 16.0. The van der Waals surface area contributed by atoms with Gasteiger partial charge in [-0.15, -0.1) is 0 Å². The minimum atomic E-state index is -0.404. The van der Waals surface area contributed by atoms with Crippen LogP contribution in [0.2, 0.25) is 0 Å². The zero-order valence-corrected chi connectivity index (χ0v) is 11.7. The molecule has 0 atom stereocenters. The van der Waals surface area contributed by atoms with Crippen LogP contribution in [0.5, 0.6) is 0 Å². The Morgan fingerprint density at radius 2 is 2.05 bits per heavy atom. The van der Waals surface area contributed by atoms with Gasteiger partial charge in [-0.2, -0.15) is 5.10 Å². The van der Waals surface area contributed by atoms with E-state index in [0.29, 0.717) is 17.3 Å². The quantitative estimate of drug-likeness (QED) is 0.692. The Bertz CT molecular complexity index is 659. The van der Waals surface area contributed by atoms with Crippen molar-refractivity contribution in [2.24, 2.45) is 0 Å². The molecule has 0 amide bonds. The topological polar surface area (TPSA) is 87.0 Å². The van der Waals surface area contributed by atoms with E-state index >= 15 is 0 Å². The average Bonchev–Trinajstić information content (AvgIpc) is 2.90. The van der Waals surface area contributed by atoms with E-state index < -0.39 is 4.92 Å². The summed E-state index contributed by atoms with van der Waals surface area (Å²) in [4.78, 5) is 10.5. The first-order chi connectivity index (χ1) is 10.1. The van der Waals surface area contributed by atoms with E-state index in [9.17, 15) is 10.1 Å². The summed E-state index contributed by atoms with van der Waals surface area (Å²) in [5.41, 5.74) is 8.42. The Balaban J connectivity index is 1.93. The number of non-ortho nitro benzene ring substituents is 1. The molecular weight excluding hydrogens is 268 g/mol. The van der Waals surface area contributed by atoms with Gasteiger partial charge in [-0.3, -0.25) is 10.1 Å². The molecule has 6 heteroatoms. The lowest BCUT2D eigenvalue weighted by molar-refractivity contribution is -0.384. The Morgan fingerprint density at radius 1 is 1.29 bits per heavy atom. The van der Waals surface area contributed by atoms with Crippen molar-refractivity contribution >= 4 is 11.4 Å². The fourth-order valence-electron chi connectivity index (χ4n) is 2.98. The van der Waals surface area contributed by atoms with E-state index in [-0.39, 0.29) is 5.69 Å². The second kappa shape index (κ2) is 5.55. The van der Waals surface area contributed by atoms with E-state index in [1.165, 1.54) is 31.4 Å². The van der Waals surface area contributed by atoms with Gasteiger partial charge in [0.1, 0.15) is 0 Å². The van der Waals surface area contributed by atoms with Crippen molar-refractivity contribution in [1.82, 2.24) is 9.78 Å². The van der Waals surface area contributed by atoms with Crippen LogP contribution in [-0.4, -0.2) is 14.7 Å². The minimum Gasteiger partial charge on any atom is -0.396 e. The molecule has 0 spiro atoms. The van der Waals surface area contributed by atoms with Crippen molar-refractivity contribution in [3.8, 4) is 5.69 Å². The summed E-state index contributed by atoms with van der Waals surface area (Å²) in [5, 5.41) is 15.4. The number of hydrogen-bond acceptors (Lipinski definition) is 4. The maximum absolute atomic E-state index is 10.9. The number of benzene rings is 1. The number of rotatable bonds is 3. The van der Waals surface area contributed by atoms with Gasteiger partial charge in [-0.25, -0.2) is 4.68 Å². The summed E-state index contributed by atoms with van der Waals surface area (Å²) in [5.74, 6) is 0.415. The third-order valence-corrected chi connectivity index (χ3v) is 4.07. The average molecular weight is 286 g/mol. The maximum Gasteiger partial charge on any atom is 0.271 e. The van der Waals surface area contributed by atoms with Gasteiger partial charge in [-0.1, -0.05) is 25.3 Å². The lowest BCUT2D eigenvalue weighted by atomic mass is 9.86. The van der Waals surface area contributed by atoms with Crippen LogP contribution in [0.1, 0.15) is 43.7 Å². The van der Waals surface area contributed by atoms with Crippen molar-refractivity contribution < 1.29 is 4.92 Å². The van der Waals surface area contributed by atoms with Crippen LogP contribution in [0.15, 0.2) is 30.5 Å². The fraction of sp³-hybridized carbons (Fsp3) is 0.400. The van der Waals surface area contributed by atoms with Crippen molar-refractivity contribution in [2.45, 2.75) is 38.0 Å². The van der Waals surface area contributed by atoms with Crippen molar-refractivity contribution in [3.63, 3.8) is 0 Å². The molecule has 1 fully saturated rings. The zero-order chi connectivity index (χ0) is 14.8. The van der Waals surface area contributed by atoms with E-state index in [4.69, 9.17) is 5.73 Å². The lowest BCUT2D eigenvalue weighted by Gasteiger charge is -2.20. The molecule has 1 saturated carbocycles. The Morgan fingerprint density at radius 3 is 2.76 bits per heavy atom. The van der Waals surface area contributed by atoms with Crippen LogP contribution in [0, 0.1) is 10.1 Å². The summed E-state index contributed by atoms with van der Waals surface area (Å²) in [7, 11) is 0. The number of aromatic nitrogens is 2. The van der Waals surface area contributed by atoms with Crippen molar-refractivity contribution in [3.05, 3.63) is 46.3 Å². The molecule has 3 rings (SSSR count). The van der Waals surface area contributed by atoms with Crippen LogP contribution >= 0.6 is 0 Å². The van der Waals surface area contributed by atoms with Gasteiger partial charge in [0.05, 0.1) is 28.2 Å². The van der Waals surface area contributed by atoms with Gasteiger partial charge in [-0.05, 0) is 18.9 Å². The molecule has 1 aromatic heterocycles. The summed E-state index contributed by atoms with van der Waals surface area (Å²) in [6, 6.07) is 6.44. The molecule has 6 nitrogen and oxygen atoms in total. The number of anilines is 1. The smallest absolute Gasteiger partial charge is 0.271 e. The third kappa shape index (κ3) is 2.74. The molecule has 0 radical (unpaired) electrons. The third-order valence-electron chi connectivity index (χ3n) is 4.07. The van der Waals surface area contributed by atoms with E-state index in [1.807, 2.05) is 0 Å². The molecule has 1 heterocycles. The monoisotopic (exact) mass is 286 g/mol. The standard InChI is InChI=1S/C15H18N4O2/c16-14-10-18(12-7-4-8-13(9-12)19(20)21)17-15(14)11-5-2-1-3-6-11/h4,7-11H,1-3,5-6,16H2. The number of nitrogens with zero attached hydrogens (tertiary/aromatic N) is 3. The van der Waals surface area contributed by atoms with Gasteiger partial charge in [0.2, 0.25) is 0 Å². The first kappa shape index (κ1) is 13.6. The van der Waals surface area contributed by atoms with Gasteiger partial charge in [0, 0.05) is 18.1 Å². The molecule has 1 aliphatic rings. The molecule has 2 aromatic rings. The minimum absolute atomic E-state index is 0.0563. The largest absolute Gasteiger partial charge is 0.396 e.